The van der Waals surface area contributed by atoms with Crippen molar-refractivity contribution in [2.75, 3.05) is 13.6 Å². The van der Waals surface area contributed by atoms with Crippen molar-refractivity contribution >= 4 is 0 Å². The van der Waals surface area contributed by atoms with Crippen LogP contribution in [0.3, 0.4) is 0 Å². The maximum atomic E-state index is 5.53. The molecule has 2 N–H and O–H groups in total. The fraction of sp³-hybridized carbons (Fsp3) is 0.667. The van der Waals surface area contributed by atoms with Gasteiger partial charge in [-0.1, -0.05) is 6.42 Å². The van der Waals surface area contributed by atoms with Crippen LogP contribution in [0, 0.1) is 5.92 Å². The number of hydrogen-bond donors (Lipinski definition) is 1. The number of furan rings is 1. The molecule has 1 saturated carbocycles. The highest BCUT2D eigenvalue weighted by Gasteiger charge is 2.19. The van der Waals surface area contributed by atoms with Crippen molar-refractivity contribution in [1.82, 2.24) is 4.90 Å². The van der Waals surface area contributed by atoms with E-state index in [4.69, 9.17) is 10.2 Å². The molecule has 0 aliphatic heterocycles. The van der Waals surface area contributed by atoms with E-state index in [1.807, 2.05) is 0 Å². The number of hydrogen-bond acceptors (Lipinski definition) is 3. The van der Waals surface area contributed by atoms with E-state index in [9.17, 15) is 0 Å². The van der Waals surface area contributed by atoms with Crippen molar-refractivity contribution in [3.05, 3.63) is 23.7 Å². The van der Waals surface area contributed by atoms with Crippen LogP contribution in [0.15, 0.2) is 16.7 Å². The summed E-state index contributed by atoms with van der Waals surface area (Å²) in [6.07, 6.45) is 5.97. The molecular weight excluding hydrogens is 188 g/mol. The Morgan fingerprint density at radius 3 is 2.87 bits per heavy atom. The van der Waals surface area contributed by atoms with Gasteiger partial charge in [0.25, 0.3) is 0 Å². The normalized spacial score (nSPS) is 17.0. The third-order valence-electron chi connectivity index (χ3n) is 3.16. The molecule has 3 heteroatoms. The highest BCUT2D eigenvalue weighted by molar-refractivity contribution is 5.12. The molecule has 1 aromatic heterocycles. The monoisotopic (exact) mass is 208 g/mol. The Balaban J connectivity index is 1.79. The number of nitrogens with zero attached hydrogens (tertiary/aromatic N) is 1. The van der Waals surface area contributed by atoms with Crippen molar-refractivity contribution < 1.29 is 4.42 Å². The van der Waals surface area contributed by atoms with Crippen molar-refractivity contribution in [3.8, 4) is 0 Å². The summed E-state index contributed by atoms with van der Waals surface area (Å²) in [6, 6.07) is 2.05. The second-order valence-electron chi connectivity index (χ2n) is 4.62. The van der Waals surface area contributed by atoms with Crippen LogP contribution in [-0.2, 0) is 13.1 Å². The first-order valence-electron chi connectivity index (χ1n) is 5.73. The van der Waals surface area contributed by atoms with Crippen LogP contribution >= 0.6 is 0 Å². The first-order chi connectivity index (χ1) is 7.28. The molecule has 2 rings (SSSR count). The van der Waals surface area contributed by atoms with E-state index >= 15 is 0 Å². The van der Waals surface area contributed by atoms with E-state index in [2.05, 4.69) is 18.0 Å². The van der Waals surface area contributed by atoms with Gasteiger partial charge in [0, 0.05) is 18.7 Å². The lowest BCUT2D eigenvalue weighted by Gasteiger charge is -2.29. The number of nitrogens with two attached hydrogens (primary N) is 1. The zero-order valence-electron chi connectivity index (χ0n) is 9.41. The van der Waals surface area contributed by atoms with Gasteiger partial charge in [-0.2, -0.15) is 0 Å². The smallest absolute Gasteiger partial charge is 0.118 e. The third kappa shape index (κ3) is 2.83. The maximum Gasteiger partial charge on any atom is 0.118 e. The summed E-state index contributed by atoms with van der Waals surface area (Å²) in [5.74, 6) is 1.94. The molecule has 0 aromatic carbocycles. The van der Waals surface area contributed by atoms with Crippen LogP contribution in [0.5, 0.6) is 0 Å². The molecule has 3 nitrogen and oxygen atoms in total. The summed E-state index contributed by atoms with van der Waals surface area (Å²) in [5.41, 5.74) is 6.62. The first kappa shape index (κ1) is 10.7. The molecule has 0 saturated heterocycles. The molecule has 0 bridgehead atoms. The van der Waals surface area contributed by atoms with Crippen LogP contribution in [0.4, 0.5) is 0 Å². The molecule has 1 aromatic rings. The standard InChI is InChI=1S/C12H20N2O/c1-14(7-10-3-2-4-10)8-12-5-11(6-13)9-15-12/h5,9-10H,2-4,6-8,13H2,1H3. The molecular formula is C12H20N2O. The molecule has 0 radical (unpaired) electrons. The first-order valence-corrected chi connectivity index (χ1v) is 5.73. The fourth-order valence-corrected chi connectivity index (χ4v) is 2.06. The second kappa shape index (κ2) is 4.81. The lowest BCUT2D eigenvalue weighted by atomic mass is 9.85. The van der Waals surface area contributed by atoms with E-state index in [0.717, 1.165) is 23.8 Å². The van der Waals surface area contributed by atoms with Gasteiger partial charge >= 0.3 is 0 Å². The second-order valence-corrected chi connectivity index (χ2v) is 4.62. The van der Waals surface area contributed by atoms with E-state index in [0.29, 0.717) is 6.54 Å². The van der Waals surface area contributed by atoms with Crippen molar-refractivity contribution in [2.24, 2.45) is 11.7 Å². The predicted octanol–water partition coefficient (Wildman–Crippen LogP) is 1.97. The van der Waals surface area contributed by atoms with Crippen LogP contribution in [0.25, 0.3) is 0 Å². The molecule has 0 atom stereocenters. The largest absolute Gasteiger partial charge is 0.468 e. The van der Waals surface area contributed by atoms with E-state index in [1.165, 1.54) is 25.8 Å². The molecule has 15 heavy (non-hydrogen) atoms. The average molecular weight is 208 g/mol. The quantitative estimate of drug-likeness (QED) is 0.804. The SMILES string of the molecule is CN(Cc1cc(CN)co1)CC1CCC1. The van der Waals surface area contributed by atoms with Gasteiger partial charge in [-0.25, -0.2) is 0 Å². The van der Waals surface area contributed by atoms with Crippen molar-refractivity contribution in [1.29, 1.82) is 0 Å². The lowest BCUT2D eigenvalue weighted by Crippen LogP contribution is -2.28. The van der Waals surface area contributed by atoms with Gasteiger partial charge in [0.05, 0.1) is 12.8 Å². The van der Waals surface area contributed by atoms with Crippen LogP contribution in [0.1, 0.15) is 30.6 Å². The van der Waals surface area contributed by atoms with Crippen LogP contribution in [-0.4, -0.2) is 18.5 Å². The third-order valence-corrected chi connectivity index (χ3v) is 3.16. The highest BCUT2D eigenvalue weighted by Crippen LogP contribution is 2.27. The minimum absolute atomic E-state index is 0.565. The Labute approximate surface area is 91.2 Å². The van der Waals surface area contributed by atoms with E-state index in [-0.39, 0.29) is 0 Å². The van der Waals surface area contributed by atoms with Gasteiger partial charge in [0.1, 0.15) is 5.76 Å². The molecule has 1 aliphatic carbocycles. The summed E-state index contributed by atoms with van der Waals surface area (Å²) < 4.78 is 5.44. The molecule has 1 fully saturated rings. The highest BCUT2D eigenvalue weighted by atomic mass is 16.3. The lowest BCUT2D eigenvalue weighted by molar-refractivity contribution is 0.191. The van der Waals surface area contributed by atoms with Crippen molar-refractivity contribution in [2.45, 2.75) is 32.4 Å². The van der Waals surface area contributed by atoms with Crippen LogP contribution in [0.2, 0.25) is 0 Å². The molecule has 1 aliphatic rings. The topological polar surface area (TPSA) is 42.4 Å². The Hall–Kier alpha value is -0.800. The van der Waals surface area contributed by atoms with Gasteiger partial charge in [-0.3, -0.25) is 4.90 Å². The number of rotatable bonds is 5. The van der Waals surface area contributed by atoms with Gasteiger partial charge in [-0.15, -0.1) is 0 Å². The average Bonchev–Trinajstić information content (AvgIpc) is 2.59. The molecule has 0 amide bonds. The summed E-state index contributed by atoms with van der Waals surface area (Å²) in [6.45, 7) is 2.66. The van der Waals surface area contributed by atoms with Gasteiger partial charge in [-0.05, 0) is 31.9 Å². The summed E-state index contributed by atoms with van der Waals surface area (Å²) >= 11 is 0. The van der Waals surface area contributed by atoms with Gasteiger partial charge < -0.3 is 10.2 Å². The zero-order chi connectivity index (χ0) is 10.7. The van der Waals surface area contributed by atoms with Crippen molar-refractivity contribution in [3.63, 3.8) is 0 Å². The zero-order valence-corrected chi connectivity index (χ0v) is 9.41. The Morgan fingerprint density at radius 1 is 1.53 bits per heavy atom. The molecule has 0 unspecified atom stereocenters. The Morgan fingerprint density at radius 2 is 2.33 bits per heavy atom. The molecule has 1 heterocycles. The Bertz CT molecular complexity index is 304. The van der Waals surface area contributed by atoms with Crippen LogP contribution < -0.4 is 5.73 Å². The molecule has 0 spiro atoms. The van der Waals surface area contributed by atoms with E-state index in [1.54, 1.807) is 6.26 Å². The van der Waals surface area contributed by atoms with E-state index < -0.39 is 0 Å². The maximum absolute atomic E-state index is 5.53. The van der Waals surface area contributed by atoms with Gasteiger partial charge in [0.15, 0.2) is 0 Å². The summed E-state index contributed by atoms with van der Waals surface area (Å²) in [4.78, 5) is 2.34. The van der Waals surface area contributed by atoms with Gasteiger partial charge in [0.2, 0.25) is 0 Å². The molecule has 84 valence electrons. The Kier molecular flexibility index (Phi) is 3.44. The summed E-state index contributed by atoms with van der Waals surface area (Å²) in [7, 11) is 2.16. The predicted molar refractivity (Wildman–Crippen MR) is 60.3 cm³/mol. The minimum atomic E-state index is 0.565. The minimum Gasteiger partial charge on any atom is -0.468 e. The fourth-order valence-electron chi connectivity index (χ4n) is 2.06. The summed E-state index contributed by atoms with van der Waals surface area (Å²) in [5, 5.41) is 0.